The van der Waals surface area contributed by atoms with Gasteiger partial charge in [0.1, 0.15) is 12.4 Å². The second-order valence-corrected chi connectivity index (χ2v) is 6.34. The summed E-state index contributed by atoms with van der Waals surface area (Å²) < 4.78 is 20.8. The Labute approximate surface area is 156 Å². The van der Waals surface area contributed by atoms with Crippen molar-refractivity contribution in [2.45, 2.75) is 26.9 Å². The van der Waals surface area contributed by atoms with Gasteiger partial charge in [0, 0.05) is 16.8 Å². The predicted octanol–water partition coefficient (Wildman–Crippen LogP) is 4.57. The van der Waals surface area contributed by atoms with Crippen molar-refractivity contribution in [3.05, 3.63) is 81.9 Å². The highest BCUT2D eigenvalue weighted by Crippen LogP contribution is 2.21. The highest BCUT2D eigenvalue weighted by Gasteiger charge is 2.17. The molecule has 1 aromatic heterocycles. The number of aryl methyl sites for hydroxylation is 1. The van der Waals surface area contributed by atoms with Crippen LogP contribution < -0.4 is 0 Å². The molecule has 0 saturated carbocycles. The van der Waals surface area contributed by atoms with Gasteiger partial charge in [-0.05, 0) is 38.1 Å². The van der Waals surface area contributed by atoms with Gasteiger partial charge < -0.3 is 4.74 Å². The molecule has 0 fully saturated rings. The lowest BCUT2D eigenvalue weighted by molar-refractivity contribution is -0.144. The molecule has 0 aliphatic carbocycles. The van der Waals surface area contributed by atoms with Crippen LogP contribution in [0.5, 0.6) is 0 Å². The van der Waals surface area contributed by atoms with Crippen molar-refractivity contribution in [1.29, 1.82) is 0 Å². The molecular formula is C20H18ClFN2O2. The number of esters is 1. The third-order valence-corrected chi connectivity index (χ3v) is 4.56. The molecule has 0 aliphatic heterocycles. The van der Waals surface area contributed by atoms with Crippen LogP contribution in [-0.4, -0.2) is 15.7 Å². The smallest absolute Gasteiger partial charge is 0.310 e. The Kier molecular flexibility index (Phi) is 5.38. The second-order valence-electron chi connectivity index (χ2n) is 5.93. The highest BCUT2D eigenvalue weighted by molar-refractivity contribution is 6.31. The van der Waals surface area contributed by atoms with Crippen LogP contribution in [-0.2, 0) is 22.6 Å². The molecule has 134 valence electrons. The molecular weight excluding hydrogens is 355 g/mol. The van der Waals surface area contributed by atoms with Crippen molar-refractivity contribution in [3.63, 3.8) is 0 Å². The summed E-state index contributed by atoms with van der Waals surface area (Å²) in [7, 11) is 0. The van der Waals surface area contributed by atoms with Crippen LogP contribution >= 0.6 is 11.6 Å². The van der Waals surface area contributed by atoms with Gasteiger partial charge in [-0.25, -0.2) is 9.07 Å². The van der Waals surface area contributed by atoms with E-state index in [1.165, 1.54) is 12.1 Å². The van der Waals surface area contributed by atoms with Gasteiger partial charge in [0.25, 0.3) is 0 Å². The molecule has 6 heteroatoms. The van der Waals surface area contributed by atoms with Gasteiger partial charge in [0.15, 0.2) is 0 Å². The number of carbonyl (C=O) groups is 1. The maximum atomic E-state index is 13.8. The van der Waals surface area contributed by atoms with E-state index >= 15 is 0 Å². The predicted molar refractivity (Wildman–Crippen MR) is 97.9 cm³/mol. The molecule has 0 unspecified atom stereocenters. The summed E-state index contributed by atoms with van der Waals surface area (Å²) in [6.45, 7) is 3.56. The van der Waals surface area contributed by atoms with E-state index in [1.807, 2.05) is 44.2 Å². The van der Waals surface area contributed by atoms with E-state index in [0.717, 1.165) is 22.6 Å². The molecule has 2 aromatic carbocycles. The summed E-state index contributed by atoms with van der Waals surface area (Å²) in [6, 6.07) is 14.0. The first-order valence-corrected chi connectivity index (χ1v) is 8.54. The minimum atomic E-state index is -0.491. The zero-order chi connectivity index (χ0) is 18.7. The van der Waals surface area contributed by atoms with Crippen LogP contribution in [0, 0.1) is 19.7 Å². The van der Waals surface area contributed by atoms with E-state index in [4.69, 9.17) is 16.3 Å². The summed E-state index contributed by atoms with van der Waals surface area (Å²) >= 11 is 5.95. The molecule has 0 bridgehead atoms. The number of hydrogen-bond donors (Lipinski definition) is 0. The van der Waals surface area contributed by atoms with Gasteiger partial charge >= 0.3 is 5.97 Å². The number of benzene rings is 2. The quantitative estimate of drug-likeness (QED) is 0.616. The summed E-state index contributed by atoms with van der Waals surface area (Å²) in [6.07, 6.45) is 0.0660. The van der Waals surface area contributed by atoms with Gasteiger partial charge in [-0.3, -0.25) is 4.79 Å². The molecule has 4 nitrogen and oxygen atoms in total. The zero-order valence-corrected chi connectivity index (χ0v) is 15.3. The molecule has 0 aliphatic rings. The number of para-hydroxylation sites is 1. The van der Waals surface area contributed by atoms with E-state index in [9.17, 15) is 9.18 Å². The van der Waals surface area contributed by atoms with E-state index in [-0.39, 0.29) is 23.6 Å². The number of nitrogens with zero attached hydrogens (tertiary/aromatic N) is 2. The van der Waals surface area contributed by atoms with Crippen molar-refractivity contribution in [2.24, 2.45) is 0 Å². The van der Waals surface area contributed by atoms with Crippen molar-refractivity contribution in [3.8, 4) is 5.69 Å². The van der Waals surface area contributed by atoms with Crippen LogP contribution in [0.1, 0.15) is 22.5 Å². The lowest BCUT2D eigenvalue weighted by Crippen LogP contribution is -2.10. The van der Waals surface area contributed by atoms with Crippen LogP contribution in [0.3, 0.4) is 0 Å². The Balaban J connectivity index is 1.73. The fraction of sp³-hybridized carbons (Fsp3) is 0.200. The van der Waals surface area contributed by atoms with Crippen molar-refractivity contribution >= 4 is 17.6 Å². The third kappa shape index (κ3) is 3.78. The fourth-order valence-electron chi connectivity index (χ4n) is 2.77. The average molecular weight is 373 g/mol. The Bertz CT molecular complexity index is 918. The normalized spacial score (nSPS) is 10.8. The third-order valence-electron chi connectivity index (χ3n) is 4.20. The number of hydrogen-bond acceptors (Lipinski definition) is 3. The van der Waals surface area contributed by atoms with Gasteiger partial charge in [-0.2, -0.15) is 5.10 Å². The van der Waals surface area contributed by atoms with Gasteiger partial charge in [0.2, 0.25) is 0 Å². The van der Waals surface area contributed by atoms with Gasteiger partial charge in [0.05, 0.1) is 22.8 Å². The summed E-state index contributed by atoms with van der Waals surface area (Å²) in [4.78, 5) is 12.2. The van der Waals surface area contributed by atoms with E-state index < -0.39 is 11.8 Å². The average Bonchev–Trinajstić information content (AvgIpc) is 2.90. The van der Waals surface area contributed by atoms with Crippen molar-refractivity contribution in [1.82, 2.24) is 9.78 Å². The first-order chi connectivity index (χ1) is 12.5. The first kappa shape index (κ1) is 18.1. The lowest BCUT2D eigenvalue weighted by atomic mass is 10.1. The Morgan fingerprint density at radius 3 is 2.54 bits per heavy atom. The second kappa shape index (κ2) is 7.70. The summed E-state index contributed by atoms with van der Waals surface area (Å²) in [5, 5.41) is 4.75. The first-order valence-electron chi connectivity index (χ1n) is 8.16. The van der Waals surface area contributed by atoms with Crippen LogP contribution in [0.2, 0.25) is 5.02 Å². The largest absolute Gasteiger partial charge is 0.460 e. The number of rotatable bonds is 5. The van der Waals surface area contributed by atoms with Crippen LogP contribution in [0.25, 0.3) is 5.69 Å². The molecule has 0 saturated heterocycles. The van der Waals surface area contributed by atoms with E-state index in [2.05, 4.69) is 5.10 Å². The Hall–Kier alpha value is -2.66. The Morgan fingerprint density at radius 1 is 1.12 bits per heavy atom. The number of ether oxygens (including phenoxy) is 1. The topological polar surface area (TPSA) is 44.1 Å². The zero-order valence-electron chi connectivity index (χ0n) is 14.5. The SMILES string of the molecule is Cc1nn(-c2ccccc2)c(C)c1CC(=O)OCc1c(F)cccc1Cl. The van der Waals surface area contributed by atoms with E-state index in [1.54, 1.807) is 10.7 Å². The molecule has 3 rings (SSSR count). The van der Waals surface area contributed by atoms with E-state index in [0.29, 0.717) is 0 Å². The van der Waals surface area contributed by atoms with Crippen LogP contribution in [0.4, 0.5) is 4.39 Å². The monoisotopic (exact) mass is 372 g/mol. The molecule has 3 aromatic rings. The molecule has 0 radical (unpaired) electrons. The molecule has 0 atom stereocenters. The molecule has 1 heterocycles. The van der Waals surface area contributed by atoms with Gasteiger partial charge in [-0.1, -0.05) is 35.9 Å². The summed E-state index contributed by atoms with van der Waals surface area (Å²) in [5.41, 5.74) is 3.53. The standard InChI is InChI=1S/C20H18ClFN2O2/c1-13-16(14(2)24(23-13)15-7-4-3-5-8-15)11-20(25)26-12-17-18(21)9-6-10-19(17)22/h3-10H,11-12H2,1-2H3. The fourth-order valence-corrected chi connectivity index (χ4v) is 2.99. The minimum Gasteiger partial charge on any atom is -0.460 e. The molecule has 0 amide bonds. The number of carbonyl (C=O) groups excluding carboxylic acids is 1. The van der Waals surface area contributed by atoms with Crippen molar-refractivity contribution in [2.75, 3.05) is 0 Å². The Morgan fingerprint density at radius 2 is 1.85 bits per heavy atom. The van der Waals surface area contributed by atoms with Crippen LogP contribution in [0.15, 0.2) is 48.5 Å². The lowest BCUT2D eigenvalue weighted by Gasteiger charge is -2.08. The number of aromatic nitrogens is 2. The highest BCUT2D eigenvalue weighted by atomic mass is 35.5. The molecule has 0 N–H and O–H groups in total. The maximum Gasteiger partial charge on any atom is 0.310 e. The summed E-state index contributed by atoms with van der Waals surface area (Å²) in [5.74, 6) is -0.947. The number of halogens is 2. The van der Waals surface area contributed by atoms with Crippen molar-refractivity contribution < 1.29 is 13.9 Å². The molecule has 0 spiro atoms. The minimum absolute atomic E-state index is 0.0660. The molecule has 26 heavy (non-hydrogen) atoms. The maximum absolute atomic E-state index is 13.8. The van der Waals surface area contributed by atoms with Gasteiger partial charge in [-0.15, -0.1) is 0 Å².